The molecule has 0 aromatic carbocycles. The molecule has 15 heavy (non-hydrogen) atoms. The maximum atomic E-state index is 5.70. The molecule has 0 saturated heterocycles. The fraction of sp³-hybridized carbons (Fsp3) is 1.00. The van der Waals surface area contributed by atoms with Crippen molar-refractivity contribution in [2.45, 2.75) is 39.2 Å². The summed E-state index contributed by atoms with van der Waals surface area (Å²) < 4.78 is 11.0. The van der Waals surface area contributed by atoms with E-state index in [2.05, 4.69) is 12.2 Å². The number of rotatable bonds is 10. The van der Waals surface area contributed by atoms with E-state index in [1.54, 1.807) is 0 Å². The zero-order valence-corrected chi connectivity index (χ0v) is 10.1. The molecule has 1 fully saturated rings. The SMILES string of the molecule is CCOCCCNCC(C)OCC1CC1. The maximum absolute atomic E-state index is 5.70. The summed E-state index contributed by atoms with van der Waals surface area (Å²) >= 11 is 0. The molecular weight excluding hydrogens is 190 g/mol. The van der Waals surface area contributed by atoms with Crippen molar-refractivity contribution in [1.82, 2.24) is 5.32 Å². The monoisotopic (exact) mass is 215 g/mol. The Morgan fingerprint density at radius 1 is 1.40 bits per heavy atom. The Labute approximate surface area is 93.5 Å². The van der Waals surface area contributed by atoms with Crippen LogP contribution >= 0.6 is 0 Å². The van der Waals surface area contributed by atoms with Crippen LogP contribution in [0, 0.1) is 5.92 Å². The second-order valence-electron chi connectivity index (χ2n) is 4.34. The summed E-state index contributed by atoms with van der Waals surface area (Å²) in [6.45, 7) is 8.79. The van der Waals surface area contributed by atoms with Crippen LogP contribution in [-0.4, -0.2) is 39.0 Å². The van der Waals surface area contributed by atoms with Crippen molar-refractivity contribution < 1.29 is 9.47 Å². The molecule has 1 saturated carbocycles. The standard InChI is InChI=1S/C12H25NO2/c1-3-14-8-4-7-13-9-11(2)15-10-12-5-6-12/h11-13H,3-10H2,1-2H3. The molecule has 90 valence electrons. The zero-order chi connectivity index (χ0) is 10.9. The molecule has 1 atom stereocenters. The van der Waals surface area contributed by atoms with Crippen molar-refractivity contribution in [3.63, 3.8) is 0 Å². The first-order chi connectivity index (χ1) is 7.33. The molecule has 0 bridgehead atoms. The van der Waals surface area contributed by atoms with Gasteiger partial charge in [0.05, 0.1) is 6.10 Å². The smallest absolute Gasteiger partial charge is 0.0671 e. The van der Waals surface area contributed by atoms with Crippen molar-refractivity contribution in [3.8, 4) is 0 Å². The molecule has 1 unspecified atom stereocenters. The van der Waals surface area contributed by atoms with E-state index < -0.39 is 0 Å². The van der Waals surface area contributed by atoms with Gasteiger partial charge in [-0.3, -0.25) is 0 Å². The topological polar surface area (TPSA) is 30.5 Å². The third-order valence-electron chi connectivity index (χ3n) is 2.59. The van der Waals surface area contributed by atoms with Gasteiger partial charge in [0.1, 0.15) is 0 Å². The summed E-state index contributed by atoms with van der Waals surface area (Å²) in [5, 5.41) is 3.38. The van der Waals surface area contributed by atoms with Crippen molar-refractivity contribution in [2.24, 2.45) is 5.92 Å². The Kier molecular flexibility index (Phi) is 6.98. The summed E-state index contributed by atoms with van der Waals surface area (Å²) in [5.74, 6) is 0.866. The normalized spacial score (nSPS) is 18.0. The number of hydrogen-bond donors (Lipinski definition) is 1. The van der Waals surface area contributed by atoms with Gasteiger partial charge in [0.25, 0.3) is 0 Å². The van der Waals surface area contributed by atoms with Crippen LogP contribution in [0.15, 0.2) is 0 Å². The van der Waals surface area contributed by atoms with Gasteiger partial charge in [-0.2, -0.15) is 0 Å². The van der Waals surface area contributed by atoms with Crippen LogP contribution < -0.4 is 5.32 Å². The van der Waals surface area contributed by atoms with E-state index in [9.17, 15) is 0 Å². The fourth-order valence-electron chi connectivity index (χ4n) is 1.39. The molecule has 3 heteroatoms. The van der Waals surface area contributed by atoms with Crippen molar-refractivity contribution in [1.29, 1.82) is 0 Å². The Balaban J connectivity index is 1.77. The number of ether oxygens (including phenoxy) is 2. The molecule has 3 nitrogen and oxygen atoms in total. The third-order valence-corrected chi connectivity index (χ3v) is 2.59. The van der Waals surface area contributed by atoms with E-state index >= 15 is 0 Å². The average molecular weight is 215 g/mol. The summed E-state index contributed by atoms with van der Waals surface area (Å²) in [7, 11) is 0. The van der Waals surface area contributed by atoms with Gasteiger partial charge >= 0.3 is 0 Å². The molecular formula is C12H25NO2. The summed E-state index contributed by atoms with van der Waals surface area (Å²) in [6.07, 6.45) is 4.17. The lowest BCUT2D eigenvalue weighted by atomic mass is 10.3. The number of hydrogen-bond acceptors (Lipinski definition) is 3. The van der Waals surface area contributed by atoms with Gasteiger partial charge in [-0.1, -0.05) is 0 Å². The van der Waals surface area contributed by atoms with Crippen molar-refractivity contribution in [2.75, 3.05) is 32.9 Å². The van der Waals surface area contributed by atoms with E-state index in [1.807, 2.05) is 6.92 Å². The fourth-order valence-corrected chi connectivity index (χ4v) is 1.39. The molecule has 0 heterocycles. The lowest BCUT2D eigenvalue weighted by molar-refractivity contribution is 0.0578. The van der Waals surface area contributed by atoms with Crippen LogP contribution in [0.1, 0.15) is 33.1 Å². The Morgan fingerprint density at radius 3 is 2.87 bits per heavy atom. The van der Waals surface area contributed by atoms with Crippen LogP contribution in [0.4, 0.5) is 0 Å². The van der Waals surface area contributed by atoms with E-state index in [-0.39, 0.29) is 0 Å². The highest BCUT2D eigenvalue weighted by molar-refractivity contribution is 4.72. The maximum Gasteiger partial charge on any atom is 0.0671 e. The Bertz CT molecular complexity index is 149. The van der Waals surface area contributed by atoms with Gasteiger partial charge in [0, 0.05) is 26.4 Å². The molecule has 1 aliphatic rings. The first kappa shape index (κ1) is 12.9. The molecule has 0 amide bonds. The minimum atomic E-state index is 0.345. The molecule has 1 rings (SSSR count). The summed E-state index contributed by atoms with van der Waals surface area (Å²) in [5.41, 5.74) is 0. The Hall–Kier alpha value is -0.120. The van der Waals surface area contributed by atoms with Gasteiger partial charge in [-0.05, 0) is 45.6 Å². The van der Waals surface area contributed by atoms with Crippen LogP contribution in [-0.2, 0) is 9.47 Å². The first-order valence-corrected chi connectivity index (χ1v) is 6.23. The van der Waals surface area contributed by atoms with Crippen LogP contribution in [0.2, 0.25) is 0 Å². The minimum Gasteiger partial charge on any atom is -0.382 e. The zero-order valence-electron chi connectivity index (χ0n) is 10.1. The molecule has 0 aromatic heterocycles. The summed E-state index contributed by atoms with van der Waals surface area (Å²) in [4.78, 5) is 0. The van der Waals surface area contributed by atoms with Gasteiger partial charge in [-0.15, -0.1) is 0 Å². The predicted octanol–water partition coefficient (Wildman–Crippen LogP) is 1.82. The average Bonchev–Trinajstić information content (AvgIpc) is 3.04. The van der Waals surface area contributed by atoms with Crippen molar-refractivity contribution in [3.05, 3.63) is 0 Å². The highest BCUT2D eigenvalue weighted by atomic mass is 16.5. The van der Waals surface area contributed by atoms with Crippen molar-refractivity contribution >= 4 is 0 Å². The van der Waals surface area contributed by atoms with E-state index in [0.717, 1.165) is 45.2 Å². The van der Waals surface area contributed by atoms with Gasteiger partial charge in [0.2, 0.25) is 0 Å². The molecule has 0 aromatic rings. The molecule has 0 aliphatic heterocycles. The largest absolute Gasteiger partial charge is 0.382 e. The van der Waals surface area contributed by atoms with Gasteiger partial charge in [-0.25, -0.2) is 0 Å². The lowest BCUT2D eigenvalue weighted by Gasteiger charge is -2.13. The van der Waals surface area contributed by atoms with Gasteiger partial charge in [0.15, 0.2) is 0 Å². The molecule has 0 spiro atoms. The lowest BCUT2D eigenvalue weighted by Crippen LogP contribution is -2.28. The van der Waals surface area contributed by atoms with Crippen LogP contribution in [0.5, 0.6) is 0 Å². The van der Waals surface area contributed by atoms with E-state index in [4.69, 9.17) is 9.47 Å². The first-order valence-electron chi connectivity index (χ1n) is 6.23. The quantitative estimate of drug-likeness (QED) is 0.564. The van der Waals surface area contributed by atoms with E-state index in [1.165, 1.54) is 12.8 Å². The second-order valence-corrected chi connectivity index (χ2v) is 4.34. The number of nitrogens with one attached hydrogen (secondary N) is 1. The predicted molar refractivity (Wildman–Crippen MR) is 62.1 cm³/mol. The summed E-state index contributed by atoms with van der Waals surface area (Å²) in [6, 6.07) is 0. The van der Waals surface area contributed by atoms with Crippen LogP contribution in [0.3, 0.4) is 0 Å². The van der Waals surface area contributed by atoms with Crippen LogP contribution in [0.25, 0.3) is 0 Å². The molecule has 1 aliphatic carbocycles. The molecule has 0 radical (unpaired) electrons. The second kappa shape index (κ2) is 8.08. The Morgan fingerprint density at radius 2 is 2.20 bits per heavy atom. The minimum absolute atomic E-state index is 0.345. The van der Waals surface area contributed by atoms with E-state index in [0.29, 0.717) is 6.10 Å². The molecule has 1 N–H and O–H groups in total. The highest BCUT2D eigenvalue weighted by Gasteiger charge is 2.21. The highest BCUT2D eigenvalue weighted by Crippen LogP contribution is 2.29. The van der Waals surface area contributed by atoms with Gasteiger partial charge < -0.3 is 14.8 Å². The third kappa shape index (κ3) is 7.77.